The number of benzene rings is 2. The van der Waals surface area contributed by atoms with E-state index in [1.807, 2.05) is 6.07 Å². The number of carbonyl (C=O) groups is 2. The molecule has 0 saturated heterocycles. The fourth-order valence-corrected chi connectivity index (χ4v) is 5.25. The summed E-state index contributed by atoms with van der Waals surface area (Å²) in [4.78, 5) is 36.8. The van der Waals surface area contributed by atoms with Crippen LogP contribution < -0.4 is 4.90 Å². The van der Waals surface area contributed by atoms with E-state index in [1.165, 1.54) is 23.2 Å². The van der Waals surface area contributed by atoms with Gasteiger partial charge in [0.05, 0.1) is 26.5 Å². The predicted molar refractivity (Wildman–Crippen MR) is 129 cm³/mol. The first-order valence-electron chi connectivity index (χ1n) is 10.4. The minimum atomic E-state index is -1.08. The second kappa shape index (κ2) is 8.00. The fraction of sp³-hybridized carbons (Fsp3) is 0.0400. The van der Waals surface area contributed by atoms with E-state index < -0.39 is 29.3 Å². The van der Waals surface area contributed by atoms with E-state index >= 15 is 0 Å². The molecule has 7 nitrogen and oxygen atoms in total. The summed E-state index contributed by atoms with van der Waals surface area (Å²) >= 11 is 6.92. The quantitative estimate of drug-likeness (QED) is 0.300. The van der Waals surface area contributed by atoms with Gasteiger partial charge in [0.25, 0.3) is 5.91 Å². The molecule has 35 heavy (non-hydrogen) atoms. The Hall–Kier alpha value is -4.08. The highest BCUT2D eigenvalue weighted by atomic mass is 35.5. The Morgan fingerprint density at radius 3 is 2.71 bits per heavy atom. The summed E-state index contributed by atoms with van der Waals surface area (Å²) in [5.74, 6) is -2.85. The molecule has 2 aromatic carbocycles. The van der Waals surface area contributed by atoms with Gasteiger partial charge in [-0.3, -0.25) is 19.5 Å². The first kappa shape index (κ1) is 21.5. The Morgan fingerprint density at radius 1 is 1.14 bits per heavy atom. The Labute approximate surface area is 205 Å². The Bertz CT molecular complexity index is 1620. The van der Waals surface area contributed by atoms with Crippen molar-refractivity contribution in [2.75, 3.05) is 4.90 Å². The molecule has 6 rings (SSSR count). The highest BCUT2D eigenvalue weighted by Gasteiger charge is 2.47. The van der Waals surface area contributed by atoms with Crippen molar-refractivity contribution in [3.8, 4) is 0 Å². The average Bonchev–Trinajstić information content (AvgIpc) is 3.54. The molecule has 1 amide bonds. The van der Waals surface area contributed by atoms with Gasteiger partial charge in [-0.25, -0.2) is 9.37 Å². The maximum Gasteiger partial charge on any atom is 0.296 e. The van der Waals surface area contributed by atoms with E-state index in [1.54, 1.807) is 42.5 Å². The number of para-hydroxylation sites is 1. The monoisotopic (exact) mass is 505 g/mol. The molecule has 4 heterocycles. The Kier molecular flexibility index (Phi) is 4.91. The smallest absolute Gasteiger partial charge is 0.296 e. The maximum atomic E-state index is 14.0. The van der Waals surface area contributed by atoms with Crippen molar-refractivity contribution >= 4 is 60.9 Å². The fourth-order valence-electron chi connectivity index (χ4n) is 4.09. The summed E-state index contributed by atoms with van der Waals surface area (Å²) in [6, 6.07) is 15.2. The van der Waals surface area contributed by atoms with Crippen LogP contribution >= 0.6 is 22.9 Å². The van der Waals surface area contributed by atoms with E-state index in [-0.39, 0.29) is 21.5 Å². The van der Waals surface area contributed by atoms with Crippen molar-refractivity contribution in [2.45, 2.75) is 6.04 Å². The number of furan rings is 1. The molecular weight excluding hydrogens is 493 g/mol. The van der Waals surface area contributed by atoms with Crippen molar-refractivity contribution in [2.24, 2.45) is 0 Å². The van der Waals surface area contributed by atoms with Gasteiger partial charge in [0, 0.05) is 11.6 Å². The lowest BCUT2D eigenvalue weighted by molar-refractivity contribution is -0.117. The molecule has 1 aliphatic heterocycles. The zero-order valence-electron chi connectivity index (χ0n) is 17.6. The molecule has 0 spiro atoms. The molecule has 0 bridgehead atoms. The number of anilines is 1. The Morgan fingerprint density at radius 2 is 1.94 bits per heavy atom. The van der Waals surface area contributed by atoms with Gasteiger partial charge in [0.1, 0.15) is 17.4 Å². The van der Waals surface area contributed by atoms with Crippen molar-refractivity contribution in [3.05, 3.63) is 100 Å². The van der Waals surface area contributed by atoms with Crippen molar-refractivity contribution < 1.29 is 23.5 Å². The predicted octanol–water partition coefficient (Wildman–Crippen LogP) is 6.01. The number of fused-ring (bicyclic) bond motifs is 2. The first-order chi connectivity index (χ1) is 16.9. The zero-order chi connectivity index (χ0) is 24.3. The number of thiazole rings is 1. The first-order valence-corrected chi connectivity index (χ1v) is 11.6. The number of aliphatic hydroxyl groups excluding tert-OH is 1. The summed E-state index contributed by atoms with van der Waals surface area (Å²) in [6.07, 6.45) is 1.52. The van der Waals surface area contributed by atoms with Crippen LogP contribution in [0.15, 0.2) is 82.6 Å². The second-order valence-corrected chi connectivity index (χ2v) is 9.22. The van der Waals surface area contributed by atoms with Crippen LogP contribution in [-0.2, 0) is 4.79 Å². The summed E-state index contributed by atoms with van der Waals surface area (Å²) < 4.78 is 20.2. The SMILES string of the molecule is O=C(C1=C(O)C(=O)N(c2nc3cc(Cl)c(F)cc3s2)C1c1ccccn1)c1cc2ccccc2o1. The summed E-state index contributed by atoms with van der Waals surface area (Å²) in [5.41, 5.74) is 1.03. The van der Waals surface area contributed by atoms with E-state index in [2.05, 4.69) is 9.97 Å². The number of ketones is 1. The standard InChI is InChI=1S/C25H13ClFN3O4S/c26-13-10-16-19(11-14(13)27)35-25(29-16)30-21(15-6-3-4-8-28-15)20(23(32)24(30)33)22(31)18-9-12-5-1-2-7-17(12)34-18/h1-11,21,32H. The number of amides is 1. The third-order valence-electron chi connectivity index (χ3n) is 5.70. The van der Waals surface area contributed by atoms with Gasteiger partial charge in [-0.2, -0.15) is 0 Å². The molecule has 3 aromatic heterocycles. The number of hydrogen-bond donors (Lipinski definition) is 1. The lowest BCUT2D eigenvalue weighted by Crippen LogP contribution is -2.31. The highest BCUT2D eigenvalue weighted by Crippen LogP contribution is 2.44. The van der Waals surface area contributed by atoms with Crippen LogP contribution in [-0.4, -0.2) is 26.8 Å². The molecule has 1 aliphatic rings. The van der Waals surface area contributed by atoms with Crippen LogP contribution in [0.1, 0.15) is 22.3 Å². The van der Waals surface area contributed by atoms with Gasteiger partial charge in [-0.05, 0) is 36.4 Å². The van der Waals surface area contributed by atoms with Gasteiger partial charge >= 0.3 is 0 Å². The molecule has 1 unspecified atom stereocenters. The number of aromatic nitrogens is 2. The van der Waals surface area contributed by atoms with Crippen LogP contribution in [0.3, 0.4) is 0 Å². The molecule has 0 aliphatic carbocycles. The molecular formula is C25H13ClFN3O4S. The Balaban J connectivity index is 1.51. The molecule has 0 saturated carbocycles. The molecule has 10 heteroatoms. The van der Waals surface area contributed by atoms with Crippen LogP contribution in [0.25, 0.3) is 21.2 Å². The number of Topliss-reactive ketones (excluding diaryl/α,β-unsaturated/α-hetero) is 1. The number of rotatable bonds is 4. The highest BCUT2D eigenvalue weighted by molar-refractivity contribution is 7.22. The summed E-state index contributed by atoms with van der Waals surface area (Å²) in [6.45, 7) is 0. The van der Waals surface area contributed by atoms with Gasteiger partial charge in [-0.1, -0.05) is 47.2 Å². The number of carbonyl (C=O) groups excluding carboxylic acids is 2. The molecule has 172 valence electrons. The number of nitrogens with zero attached hydrogens (tertiary/aromatic N) is 3. The van der Waals surface area contributed by atoms with Crippen LogP contribution in [0.4, 0.5) is 9.52 Å². The van der Waals surface area contributed by atoms with Gasteiger partial charge in [0.2, 0.25) is 5.78 Å². The average molecular weight is 506 g/mol. The van der Waals surface area contributed by atoms with Crippen LogP contribution in [0.5, 0.6) is 0 Å². The number of hydrogen-bond acceptors (Lipinski definition) is 7. The maximum absolute atomic E-state index is 14.0. The topological polar surface area (TPSA) is 96.5 Å². The van der Waals surface area contributed by atoms with Crippen LogP contribution in [0.2, 0.25) is 5.02 Å². The van der Waals surface area contributed by atoms with Crippen molar-refractivity contribution in [3.63, 3.8) is 0 Å². The second-order valence-electron chi connectivity index (χ2n) is 7.80. The third-order valence-corrected chi connectivity index (χ3v) is 7.00. The number of aliphatic hydroxyl groups is 1. The molecule has 1 atom stereocenters. The molecule has 5 aromatic rings. The molecule has 0 fully saturated rings. The van der Waals surface area contributed by atoms with E-state index in [4.69, 9.17) is 16.0 Å². The van der Waals surface area contributed by atoms with Crippen LogP contribution in [0, 0.1) is 5.82 Å². The lowest BCUT2D eigenvalue weighted by atomic mass is 9.98. The largest absolute Gasteiger partial charge is 0.503 e. The number of pyridine rings is 1. The lowest BCUT2D eigenvalue weighted by Gasteiger charge is -2.23. The molecule has 0 radical (unpaired) electrons. The normalized spacial score (nSPS) is 16.1. The van der Waals surface area contributed by atoms with Gasteiger partial charge < -0.3 is 9.52 Å². The zero-order valence-corrected chi connectivity index (χ0v) is 19.2. The van der Waals surface area contributed by atoms with Crippen molar-refractivity contribution in [1.82, 2.24) is 9.97 Å². The summed E-state index contributed by atoms with van der Waals surface area (Å²) in [5, 5.41) is 11.6. The minimum absolute atomic E-state index is 0.0264. The van der Waals surface area contributed by atoms with E-state index in [9.17, 15) is 19.1 Å². The van der Waals surface area contributed by atoms with Gasteiger partial charge in [-0.15, -0.1) is 0 Å². The van der Waals surface area contributed by atoms with Gasteiger partial charge in [0.15, 0.2) is 16.7 Å². The number of halogens is 2. The third kappa shape index (κ3) is 3.39. The van der Waals surface area contributed by atoms with E-state index in [0.29, 0.717) is 26.9 Å². The van der Waals surface area contributed by atoms with Crippen molar-refractivity contribution in [1.29, 1.82) is 0 Å². The molecule has 1 N–H and O–H groups in total. The van der Waals surface area contributed by atoms with E-state index in [0.717, 1.165) is 11.3 Å². The minimum Gasteiger partial charge on any atom is -0.503 e. The summed E-state index contributed by atoms with van der Waals surface area (Å²) in [7, 11) is 0.